The zero-order valence-corrected chi connectivity index (χ0v) is 9.24. The van der Waals surface area contributed by atoms with Gasteiger partial charge in [0, 0.05) is 12.1 Å². The molecular formula is C11H14FNO3. The number of aliphatic carboxylic acids is 1. The van der Waals surface area contributed by atoms with Crippen molar-refractivity contribution in [2.75, 3.05) is 20.7 Å². The maximum absolute atomic E-state index is 13.0. The topological polar surface area (TPSA) is 49.8 Å². The molecule has 4 nitrogen and oxygen atoms in total. The van der Waals surface area contributed by atoms with Crippen LogP contribution in [0.25, 0.3) is 0 Å². The fraction of sp³-hybridized carbons (Fsp3) is 0.364. The van der Waals surface area contributed by atoms with Crippen molar-refractivity contribution in [2.24, 2.45) is 0 Å². The van der Waals surface area contributed by atoms with Crippen LogP contribution in [-0.2, 0) is 11.3 Å². The van der Waals surface area contributed by atoms with E-state index in [4.69, 9.17) is 9.84 Å². The molecule has 0 amide bonds. The first kappa shape index (κ1) is 12.4. The summed E-state index contributed by atoms with van der Waals surface area (Å²) < 4.78 is 18.1. The number of hydrogen-bond acceptors (Lipinski definition) is 3. The number of rotatable bonds is 5. The van der Waals surface area contributed by atoms with E-state index in [1.807, 2.05) is 19.0 Å². The molecule has 0 spiro atoms. The smallest absolute Gasteiger partial charge is 0.341 e. The average Bonchev–Trinajstić information content (AvgIpc) is 2.15. The summed E-state index contributed by atoms with van der Waals surface area (Å²) >= 11 is 0. The summed E-state index contributed by atoms with van der Waals surface area (Å²) in [7, 11) is 3.68. The molecule has 1 rings (SSSR count). The normalized spacial score (nSPS) is 10.5. The number of benzene rings is 1. The number of ether oxygens (including phenoxy) is 1. The van der Waals surface area contributed by atoms with Gasteiger partial charge in [-0.05, 0) is 32.3 Å². The summed E-state index contributed by atoms with van der Waals surface area (Å²) in [6.45, 7) is 0.0682. The van der Waals surface area contributed by atoms with Gasteiger partial charge >= 0.3 is 5.97 Å². The molecule has 16 heavy (non-hydrogen) atoms. The molecule has 1 N–H and O–H groups in total. The summed E-state index contributed by atoms with van der Waals surface area (Å²) in [6.07, 6.45) is 0. The van der Waals surface area contributed by atoms with Gasteiger partial charge in [-0.15, -0.1) is 0 Å². The maximum atomic E-state index is 13.0. The molecule has 0 saturated carbocycles. The van der Waals surface area contributed by atoms with Crippen LogP contribution in [-0.4, -0.2) is 36.7 Å². The summed E-state index contributed by atoms with van der Waals surface area (Å²) in [5, 5.41) is 8.49. The van der Waals surface area contributed by atoms with Crippen LogP contribution in [0.5, 0.6) is 5.75 Å². The minimum Gasteiger partial charge on any atom is -0.482 e. The molecule has 0 heterocycles. The summed E-state index contributed by atoms with van der Waals surface area (Å²) in [4.78, 5) is 12.2. The second kappa shape index (κ2) is 5.46. The number of nitrogens with zero attached hydrogens (tertiary/aromatic N) is 1. The van der Waals surface area contributed by atoms with Gasteiger partial charge in [0.2, 0.25) is 0 Å². The van der Waals surface area contributed by atoms with Crippen LogP contribution in [0.1, 0.15) is 5.56 Å². The standard InChI is InChI=1S/C11H14FNO3/c1-13(2)6-8-5-9(12)3-4-10(8)16-7-11(14)15/h3-5H,6-7H2,1-2H3,(H,14,15). The zero-order valence-electron chi connectivity index (χ0n) is 9.24. The molecule has 0 aliphatic carbocycles. The lowest BCUT2D eigenvalue weighted by molar-refractivity contribution is -0.139. The number of carbonyl (C=O) groups is 1. The van der Waals surface area contributed by atoms with E-state index in [1.54, 1.807) is 0 Å². The first-order chi connectivity index (χ1) is 7.49. The zero-order chi connectivity index (χ0) is 12.1. The van der Waals surface area contributed by atoms with Crippen molar-refractivity contribution >= 4 is 5.97 Å². The Balaban J connectivity index is 2.84. The quantitative estimate of drug-likeness (QED) is 0.825. The lowest BCUT2D eigenvalue weighted by Gasteiger charge is -2.14. The van der Waals surface area contributed by atoms with Crippen molar-refractivity contribution in [3.8, 4) is 5.75 Å². The van der Waals surface area contributed by atoms with Crippen LogP contribution >= 0.6 is 0 Å². The fourth-order valence-corrected chi connectivity index (χ4v) is 1.29. The van der Waals surface area contributed by atoms with Crippen molar-refractivity contribution in [1.29, 1.82) is 0 Å². The second-order valence-electron chi connectivity index (χ2n) is 3.67. The monoisotopic (exact) mass is 227 g/mol. The predicted octanol–water partition coefficient (Wildman–Crippen LogP) is 1.35. The Morgan fingerprint density at radius 3 is 2.75 bits per heavy atom. The second-order valence-corrected chi connectivity index (χ2v) is 3.67. The average molecular weight is 227 g/mol. The Morgan fingerprint density at radius 1 is 1.50 bits per heavy atom. The SMILES string of the molecule is CN(C)Cc1cc(F)ccc1OCC(=O)O. The van der Waals surface area contributed by atoms with E-state index in [-0.39, 0.29) is 5.82 Å². The van der Waals surface area contributed by atoms with E-state index in [2.05, 4.69) is 0 Å². The third kappa shape index (κ3) is 3.86. The Kier molecular flexibility index (Phi) is 4.25. The molecule has 88 valence electrons. The third-order valence-corrected chi connectivity index (χ3v) is 1.86. The molecule has 0 aliphatic heterocycles. The molecule has 0 saturated heterocycles. The summed E-state index contributed by atoms with van der Waals surface area (Å²) in [6, 6.07) is 4.03. The first-order valence-electron chi connectivity index (χ1n) is 4.77. The van der Waals surface area contributed by atoms with Gasteiger partial charge in [-0.3, -0.25) is 0 Å². The van der Waals surface area contributed by atoms with Crippen LogP contribution in [0.15, 0.2) is 18.2 Å². The number of carboxylic acid groups (broad SMARTS) is 1. The van der Waals surface area contributed by atoms with E-state index in [9.17, 15) is 9.18 Å². The molecule has 5 heteroatoms. The van der Waals surface area contributed by atoms with Gasteiger partial charge in [-0.1, -0.05) is 0 Å². The highest BCUT2D eigenvalue weighted by molar-refractivity contribution is 5.68. The molecule has 0 aromatic heterocycles. The molecule has 0 bridgehead atoms. The molecule has 1 aromatic rings. The van der Waals surface area contributed by atoms with Gasteiger partial charge in [0.25, 0.3) is 0 Å². The Labute approximate surface area is 93.3 Å². The summed E-state index contributed by atoms with van der Waals surface area (Å²) in [5.74, 6) is -1.02. The van der Waals surface area contributed by atoms with E-state index in [0.29, 0.717) is 17.9 Å². The maximum Gasteiger partial charge on any atom is 0.341 e. The molecule has 0 fully saturated rings. The van der Waals surface area contributed by atoms with Gasteiger partial charge in [-0.2, -0.15) is 0 Å². The third-order valence-electron chi connectivity index (χ3n) is 1.86. The number of halogens is 1. The minimum atomic E-state index is -1.06. The molecule has 0 atom stereocenters. The van der Waals surface area contributed by atoms with Gasteiger partial charge in [0.15, 0.2) is 6.61 Å². The Bertz CT molecular complexity index is 379. The highest BCUT2D eigenvalue weighted by Crippen LogP contribution is 2.20. The first-order valence-corrected chi connectivity index (χ1v) is 4.77. The van der Waals surface area contributed by atoms with E-state index in [0.717, 1.165) is 0 Å². The molecule has 0 aliphatic rings. The van der Waals surface area contributed by atoms with Crippen LogP contribution in [0, 0.1) is 5.82 Å². The Hall–Kier alpha value is -1.62. The van der Waals surface area contributed by atoms with E-state index < -0.39 is 12.6 Å². The van der Waals surface area contributed by atoms with Crippen molar-refractivity contribution in [3.05, 3.63) is 29.6 Å². The largest absolute Gasteiger partial charge is 0.482 e. The predicted molar refractivity (Wildman–Crippen MR) is 56.9 cm³/mol. The van der Waals surface area contributed by atoms with Crippen molar-refractivity contribution in [2.45, 2.75) is 6.54 Å². The highest BCUT2D eigenvalue weighted by Gasteiger charge is 2.08. The van der Waals surface area contributed by atoms with Gasteiger partial charge in [0.1, 0.15) is 11.6 Å². The fourth-order valence-electron chi connectivity index (χ4n) is 1.29. The van der Waals surface area contributed by atoms with Crippen LogP contribution in [0.4, 0.5) is 4.39 Å². The van der Waals surface area contributed by atoms with Crippen molar-refractivity contribution in [3.63, 3.8) is 0 Å². The minimum absolute atomic E-state index is 0.362. The van der Waals surface area contributed by atoms with Crippen LogP contribution < -0.4 is 4.74 Å². The van der Waals surface area contributed by atoms with Crippen molar-refractivity contribution in [1.82, 2.24) is 4.90 Å². The number of hydrogen-bond donors (Lipinski definition) is 1. The summed E-state index contributed by atoms with van der Waals surface area (Å²) in [5.41, 5.74) is 0.631. The van der Waals surface area contributed by atoms with Gasteiger partial charge < -0.3 is 14.7 Å². The van der Waals surface area contributed by atoms with E-state index >= 15 is 0 Å². The lowest BCUT2D eigenvalue weighted by Crippen LogP contribution is -2.14. The molecule has 1 aromatic carbocycles. The molecular weight excluding hydrogens is 213 g/mol. The van der Waals surface area contributed by atoms with Gasteiger partial charge in [0.05, 0.1) is 0 Å². The number of carboxylic acids is 1. The molecule has 0 unspecified atom stereocenters. The van der Waals surface area contributed by atoms with Crippen LogP contribution in [0.2, 0.25) is 0 Å². The van der Waals surface area contributed by atoms with E-state index in [1.165, 1.54) is 18.2 Å². The van der Waals surface area contributed by atoms with Crippen LogP contribution in [0.3, 0.4) is 0 Å². The van der Waals surface area contributed by atoms with Crippen molar-refractivity contribution < 1.29 is 19.0 Å². The highest BCUT2D eigenvalue weighted by atomic mass is 19.1. The Morgan fingerprint density at radius 2 is 2.19 bits per heavy atom. The molecule has 0 radical (unpaired) electrons. The lowest BCUT2D eigenvalue weighted by atomic mass is 10.2. The van der Waals surface area contributed by atoms with Gasteiger partial charge in [-0.25, -0.2) is 9.18 Å².